The Hall–Kier alpha value is -2.18. The summed E-state index contributed by atoms with van der Waals surface area (Å²) in [6.45, 7) is 5.22. The fraction of sp³-hybridized carbons (Fsp3) is 0.438. The van der Waals surface area contributed by atoms with Gasteiger partial charge in [-0.2, -0.15) is 13.2 Å². The van der Waals surface area contributed by atoms with Gasteiger partial charge in [-0.3, -0.25) is 0 Å². The summed E-state index contributed by atoms with van der Waals surface area (Å²) in [5.74, 6) is -0.842. The van der Waals surface area contributed by atoms with Crippen LogP contribution >= 0.6 is 0 Å². The van der Waals surface area contributed by atoms with Gasteiger partial charge in [0.2, 0.25) is 6.10 Å². The Morgan fingerprint density at radius 2 is 1.96 bits per heavy atom. The molecule has 0 saturated carbocycles. The van der Waals surface area contributed by atoms with Gasteiger partial charge in [0, 0.05) is 5.56 Å². The van der Waals surface area contributed by atoms with Gasteiger partial charge in [0.05, 0.1) is 18.8 Å². The first-order chi connectivity index (χ1) is 10.8. The molecule has 0 aromatic heterocycles. The molecule has 4 nitrogen and oxygen atoms in total. The molecule has 1 aliphatic heterocycles. The normalized spacial score (nSPS) is 17.0. The van der Waals surface area contributed by atoms with Crippen molar-refractivity contribution in [1.29, 1.82) is 0 Å². The van der Waals surface area contributed by atoms with Gasteiger partial charge in [0.1, 0.15) is 0 Å². The standard InChI is InChI=1S/C16H17F3O4/c1-4-21-12-7-6-9(3)10-8-11(15(20)22-5-2)14(16(17,18)19)23-13(10)12/h6-8,14H,4-5H2,1-3H3. The molecule has 0 spiro atoms. The van der Waals surface area contributed by atoms with E-state index in [0.717, 1.165) is 0 Å². The largest absolute Gasteiger partial charge is 0.490 e. The van der Waals surface area contributed by atoms with Gasteiger partial charge in [-0.05, 0) is 38.5 Å². The maximum atomic E-state index is 13.3. The summed E-state index contributed by atoms with van der Waals surface area (Å²) in [6, 6.07) is 3.24. The highest BCUT2D eigenvalue weighted by molar-refractivity contribution is 5.97. The third-order valence-corrected chi connectivity index (χ3v) is 3.30. The van der Waals surface area contributed by atoms with E-state index < -0.39 is 23.8 Å². The maximum absolute atomic E-state index is 13.3. The summed E-state index contributed by atoms with van der Waals surface area (Å²) >= 11 is 0. The van der Waals surface area contributed by atoms with Crippen LogP contribution in [0, 0.1) is 6.92 Å². The lowest BCUT2D eigenvalue weighted by molar-refractivity contribution is -0.188. The minimum Gasteiger partial charge on any atom is -0.490 e. The van der Waals surface area contributed by atoms with Crippen molar-refractivity contribution in [3.05, 3.63) is 28.8 Å². The van der Waals surface area contributed by atoms with Crippen molar-refractivity contribution in [3.8, 4) is 11.5 Å². The third-order valence-electron chi connectivity index (χ3n) is 3.30. The zero-order valence-corrected chi connectivity index (χ0v) is 13.0. The van der Waals surface area contributed by atoms with Crippen LogP contribution in [0.1, 0.15) is 25.0 Å². The molecule has 0 bridgehead atoms. The van der Waals surface area contributed by atoms with Crippen LogP contribution in [0.5, 0.6) is 11.5 Å². The van der Waals surface area contributed by atoms with Crippen LogP contribution in [-0.4, -0.2) is 31.5 Å². The lowest BCUT2D eigenvalue weighted by atomic mass is 9.97. The average Bonchev–Trinajstić information content (AvgIpc) is 2.48. The quantitative estimate of drug-likeness (QED) is 0.790. The summed E-state index contributed by atoms with van der Waals surface area (Å²) < 4.78 is 55.0. The van der Waals surface area contributed by atoms with E-state index in [1.165, 1.54) is 13.0 Å². The van der Waals surface area contributed by atoms with Crippen molar-refractivity contribution in [2.45, 2.75) is 33.1 Å². The van der Waals surface area contributed by atoms with E-state index in [4.69, 9.17) is 14.2 Å². The Kier molecular flexibility index (Phi) is 4.87. The van der Waals surface area contributed by atoms with Crippen LogP contribution in [0.4, 0.5) is 13.2 Å². The van der Waals surface area contributed by atoms with Crippen LogP contribution in [0.15, 0.2) is 17.7 Å². The van der Waals surface area contributed by atoms with Gasteiger partial charge < -0.3 is 14.2 Å². The molecule has 1 atom stereocenters. The van der Waals surface area contributed by atoms with E-state index in [-0.39, 0.29) is 24.7 Å². The number of fused-ring (bicyclic) bond motifs is 1. The number of hydrogen-bond acceptors (Lipinski definition) is 4. The third kappa shape index (κ3) is 3.43. The molecule has 23 heavy (non-hydrogen) atoms. The molecule has 0 saturated heterocycles. The molecule has 1 heterocycles. The minimum absolute atomic E-state index is 0.0118. The molecule has 0 amide bonds. The van der Waals surface area contributed by atoms with Gasteiger partial charge in [-0.1, -0.05) is 6.07 Å². The minimum atomic E-state index is -4.75. The lowest BCUT2D eigenvalue weighted by Gasteiger charge is -2.29. The van der Waals surface area contributed by atoms with E-state index in [1.54, 1.807) is 26.0 Å². The van der Waals surface area contributed by atoms with E-state index in [2.05, 4.69) is 0 Å². The first-order valence-corrected chi connectivity index (χ1v) is 7.18. The van der Waals surface area contributed by atoms with E-state index in [9.17, 15) is 18.0 Å². The van der Waals surface area contributed by atoms with Gasteiger partial charge in [0.25, 0.3) is 0 Å². The highest BCUT2D eigenvalue weighted by atomic mass is 19.4. The predicted molar refractivity (Wildman–Crippen MR) is 77.4 cm³/mol. The number of carbonyl (C=O) groups is 1. The second kappa shape index (κ2) is 6.52. The average molecular weight is 330 g/mol. The van der Waals surface area contributed by atoms with Crippen molar-refractivity contribution in [1.82, 2.24) is 0 Å². The fourth-order valence-corrected chi connectivity index (χ4v) is 2.28. The fourth-order valence-electron chi connectivity index (χ4n) is 2.28. The van der Waals surface area contributed by atoms with E-state index >= 15 is 0 Å². The van der Waals surface area contributed by atoms with Gasteiger partial charge in [0.15, 0.2) is 11.5 Å². The molecule has 0 aliphatic carbocycles. The Bertz CT molecular complexity index is 635. The lowest BCUT2D eigenvalue weighted by Crippen LogP contribution is -2.41. The van der Waals surface area contributed by atoms with Crippen LogP contribution < -0.4 is 9.47 Å². The summed E-state index contributed by atoms with van der Waals surface area (Å²) in [5, 5.41) is 0. The van der Waals surface area contributed by atoms with Crippen molar-refractivity contribution >= 4 is 12.0 Å². The van der Waals surface area contributed by atoms with Gasteiger partial charge >= 0.3 is 12.1 Å². The van der Waals surface area contributed by atoms with Crippen LogP contribution in [0.2, 0.25) is 0 Å². The second-order valence-electron chi connectivity index (χ2n) is 4.92. The zero-order valence-electron chi connectivity index (χ0n) is 13.0. The highest BCUT2D eigenvalue weighted by Crippen LogP contribution is 2.43. The topological polar surface area (TPSA) is 44.8 Å². The Labute approximate surface area is 131 Å². The smallest absolute Gasteiger partial charge is 0.430 e. The Morgan fingerprint density at radius 1 is 1.26 bits per heavy atom. The van der Waals surface area contributed by atoms with E-state index in [0.29, 0.717) is 11.1 Å². The molecule has 1 aliphatic rings. The molecule has 1 unspecified atom stereocenters. The molecule has 1 aromatic carbocycles. The number of alkyl halides is 3. The monoisotopic (exact) mass is 330 g/mol. The summed E-state index contributed by atoms with van der Waals surface area (Å²) in [6.07, 6.45) is -5.95. The SMILES string of the molecule is CCOC(=O)C1=Cc2c(C)ccc(OCC)c2OC1C(F)(F)F. The number of carbonyl (C=O) groups excluding carboxylic acids is 1. The molecule has 0 fully saturated rings. The van der Waals surface area contributed by atoms with Crippen LogP contribution in [0.25, 0.3) is 6.08 Å². The molecule has 1 aromatic rings. The number of aryl methyl sites for hydroxylation is 1. The number of hydrogen-bond donors (Lipinski definition) is 0. The number of halogens is 3. The number of benzene rings is 1. The zero-order chi connectivity index (χ0) is 17.2. The molecule has 7 heteroatoms. The molecule has 0 radical (unpaired) electrons. The molecule has 126 valence electrons. The highest BCUT2D eigenvalue weighted by Gasteiger charge is 2.49. The van der Waals surface area contributed by atoms with Crippen LogP contribution in [-0.2, 0) is 9.53 Å². The second-order valence-corrected chi connectivity index (χ2v) is 4.92. The van der Waals surface area contributed by atoms with E-state index in [1.807, 2.05) is 0 Å². The van der Waals surface area contributed by atoms with Crippen molar-refractivity contribution in [3.63, 3.8) is 0 Å². The Morgan fingerprint density at radius 3 is 2.52 bits per heavy atom. The van der Waals surface area contributed by atoms with Crippen molar-refractivity contribution in [2.75, 3.05) is 13.2 Å². The summed E-state index contributed by atoms with van der Waals surface area (Å²) in [7, 11) is 0. The molecular weight excluding hydrogens is 313 g/mol. The number of ether oxygens (including phenoxy) is 3. The van der Waals surface area contributed by atoms with Gasteiger partial charge in [-0.25, -0.2) is 4.79 Å². The number of esters is 1. The van der Waals surface area contributed by atoms with Crippen LogP contribution in [0.3, 0.4) is 0 Å². The Balaban J connectivity index is 2.58. The molecule has 0 N–H and O–H groups in total. The van der Waals surface area contributed by atoms with Crippen molar-refractivity contribution < 1.29 is 32.2 Å². The van der Waals surface area contributed by atoms with Crippen molar-refractivity contribution in [2.24, 2.45) is 0 Å². The summed E-state index contributed by atoms with van der Waals surface area (Å²) in [4.78, 5) is 11.9. The summed E-state index contributed by atoms with van der Waals surface area (Å²) in [5.41, 5.74) is 0.494. The molecular formula is C16H17F3O4. The van der Waals surface area contributed by atoms with Gasteiger partial charge in [-0.15, -0.1) is 0 Å². The number of rotatable bonds is 4. The first kappa shape index (κ1) is 17.2. The first-order valence-electron chi connectivity index (χ1n) is 7.18. The predicted octanol–water partition coefficient (Wildman–Crippen LogP) is 3.66. The molecule has 2 rings (SSSR count). The maximum Gasteiger partial charge on any atom is 0.430 e.